The molecule has 29 heavy (non-hydrogen) atoms. The molecular weight excluding hydrogens is 390 g/mol. The second kappa shape index (κ2) is 10.4. The summed E-state index contributed by atoms with van der Waals surface area (Å²) in [5.41, 5.74) is 1.34. The fourth-order valence-corrected chi connectivity index (χ4v) is 3.79. The molecule has 7 nitrogen and oxygen atoms in total. The van der Waals surface area contributed by atoms with E-state index in [2.05, 4.69) is 28.8 Å². The number of quaternary nitrogens is 1. The van der Waals surface area contributed by atoms with E-state index in [1.165, 1.54) is 31.0 Å². The smallest absolute Gasteiger partial charge is 0.475 e. The van der Waals surface area contributed by atoms with Crippen LogP contribution >= 0.6 is 11.7 Å². The van der Waals surface area contributed by atoms with Crippen LogP contribution in [0.2, 0.25) is 0 Å². The Morgan fingerprint density at radius 2 is 2.03 bits per heavy atom. The van der Waals surface area contributed by atoms with Gasteiger partial charge in [0.1, 0.15) is 17.8 Å². The third-order valence-electron chi connectivity index (χ3n) is 5.10. The van der Waals surface area contributed by atoms with Gasteiger partial charge in [-0.05, 0) is 27.2 Å². The van der Waals surface area contributed by atoms with E-state index in [0.717, 1.165) is 30.7 Å². The largest absolute Gasteiger partial charge is 0.513 e. The molecule has 1 unspecified atom stereocenters. The van der Waals surface area contributed by atoms with Gasteiger partial charge in [0, 0.05) is 18.9 Å². The van der Waals surface area contributed by atoms with E-state index in [0.29, 0.717) is 23.5 Å². The molecule has 1 aliphatic rings. The number of carbonyl (C=O) groups is 1. The molecule has 0 aliphatic carbocycles. The van der Waals surface area contributed by atoms with Crippen molar-refractivity contribution < 1.29 is 23.5 Å². The van der Waals surface area contributed by atoms with Gasteiger partial charge in [-0.2, -0.15) is 4.37 Å². The van der Waals surface area contributed by atoms with Gasteiger partial charge >= 0.3 is 6.16 Å². The lowest BCUT2D eigenvalue weighted by Crippen LogP contribution is -2.55. The molecule has 164 valence electrons. The first kappa shape index (κ1) is 23.6. The number of rotatable bonds is 9. The summed E-state index contributed by atoms with van der Waals surface area (Å²) < 4.78 is 26.2. The van der Waals surface area contributed by atoms with Crippen LogP contribution in [0.5, 0.6) is 5.88 Å². The Labute approximate surface area is 179 Å². The molecule has 0 saturated heterocycles. The minimum atomic E-state index is -0.633. The lowest BCUT2D eigenvalue weighted by molar-refractivity contribution is -0.944. The third kappa shape index (κ3) is 7.26. The third-order valence-corrected chi connectivity index (χ3v) is 5.61. The van der Waals surface area contributed by atoms with Crippen LogP contribution in [0.4, 0.5) is 4.79 Å². The van der Waals surface area contributed by atoms with Crippen molar-refractivity contribution in [2.45, 2.75) is 78.6 Å². The van der Waals surface area contributed by atoms with E-state index in [-0.39, 0.29) is 6.23 Å². The summed E-state index contributed by atoms with van der Waals surface area (Å²) in [7, 11) is 2.09. The molecule has 1 aliphatic heterocycles. The lowest BCUT2D eigenvalue weighted by atomic mass is 10.0. The highest BCUT2D eigenvalue weighted by atomic mass is 32.1. The molecule has 2 heterocycles. The molecule has 0 saturated carbocycles. The van der Waals surface area contributed by atoms with Gasteiger partial charge in [-0.3, -0.25) is 4.48 Å². The van der Waals surface area contributed by atoms with E-state index in [1.54, 1.807) is 0 Å². The molecule has 0 aromatic carbocycles. The molecule has 8 heteroatoms. The van der Waals surface area contributed by atoms with Crippen LogP contribution in [0, 0.1) is 0 Å². The van der Waals surface area contributed by atoms with Gasteiger partial charge < -0.3 is 14.2 Å². The first-order chi connectivity index (χ1) is 13.6. The van der Waals surface area contributed by atoms with E-state index < -0.39 is 11.8 Å². The predicted molar refractivity (Wildman–Crippen MR) is 115 cm³/mol. The molecule has 1 aromatic rings. The van der Waals surface area contributed by atoms with Crippen LogP contribution in [0.25, 0.3) is 5.57 Å². The summed E-state index contributed by atoms with van der Waals surface area (Å²) in [6.07, 6.45) is 6.73. The molecular formula is C21H36N3O4S+. The minimum absolute atomic E-state index is 0.335. The molecule has 0 N–H and O–H groups in total. The van der Waals surface area contributed by atoms with Crippen molar-refractivity contribution in [2.75, 3.05) is 26.7 Å². The summed E-state index contributed by atoms with van der Waals surface area (Å²) in [5, 5.41) is 0. The summed E-state index contributed by atoms with van der Waals surface area (Å²) in [6, 6.07) is 0. The van der Waals surface area contributed by atoms with Gasteiger partial charge in [0.15, 0.2) is 0 Å². The van der Waals surface area contributed by atoms with Gasteiger partial charge in [0.2, 0.25) is 6.23 Å². The summed E-state index contributed by atoms with van der Waals surface area (Å²) in [4.78, 5) is 12.1. The zero-order valence-corrected chi connectivity index (χ0v) is 19.5. The van der Waals surface area contributed by atoms with Gasteiger partial charge in [0.05, 0.1) is 31.9 Å². The Bertz CT molecular complexity index is 698. The summed E-state index contributed by atoms with van der Waals surface area (Å²) >= 11 is 1.18. The zero-order chi connectivity index (χ0) is 21.5. The highest BCUT2D eigenvalue weighted by Crippen LogP contribution is 2.31. The first-order valence-corrected chi connectivity index (χ1v) is 11.3. The fraction of sp³-hybridized carbons (Fsp3) is 0.762. The van der Waals surface area contributed by atoms with Crippen LogP contribution in [0.1, 0.15) is 72.4 Å². The van der Waals surface area contributed by atoms with Crippen LogP contribution in [0.15, 0.2) is 6.08 Å². The van der Waals surface area contributed by atoms with Crippen molar-refractivity contribution in [1.29, 1.82) is 0 Å². The van der Waals surface area contributed by atoms with Gasteiger partial charge in [-0.25, -0.2) is 4.79 Å². The minimum Gasteiger partial charge on any atom is -0.475 e. The lowest BCUT2D eigenvalue weighted by Gasteiger charge is -2.41. The number of hydrogen-bond acceptors (Lipinski definition) is 7. The summed E-state index contributed by atoms with van der Waals surface area (Å²) in [5.74, 6) is 0.618. The SMILES string of the molecule is CCCCCCOc1nsnc1C1=CCC[N+](C)([C@H](C)OC(=O)OC(C)(C)C)C1. The van der Waals surface area contributed by atoms with Crippen molar-refractivity contribution in [3.8, 4) is 5.88 Å². The summed E-state index contributed by atoms with van der Waals surface area (Å²) in [6.45, 7) is 11.8. The van der Waals surface area contributed by atoms with Crippen LogP contribution < -0.4 is 4.74 Å². The number of unbranched alkanes of at least 4 members (excludes halogenated alkanes) is 3. The quantitative estimate of drug-likeness (QED) is 0.313. The van der Waals surface area contributed by atoms with Crippen LogP contribution in [-0.2, 0) is 9.47 Å². The number of likely N-dealkylation sites (N-methyl/N-ethyl adjacent to an activating group) is 1. The van der Waals surface area contributed by atoms with E-state index in [4.69, 9.17) is 14.2 Å². The average molecular weight is 427 g/mol. The van der Waals surface area contributed by atoms with Crippen LogP contribution in [0.3, 0.4) is 0 Å². The molecule has 1 aromatic heterocycles. The highest BCUT2D eigenvalue weighted by Gasteiger charge is 2.37. The number of carbonyl (C=O) groups excluding carboxylic acids is 1. The Morgan fingerprint density at radius 3 is 2.72 bits per heavy atom. The average Bonchev–Trinajstić information content (AvgIpc) is 3.08. The molecule has 0 fully saturated rings. The highest BCUT2D eigenvalue weighted by molar-refractivity contribution is 6.99. The second-order valence-electron chi connectivity index (χ2n) is 8.89. The van der Waals surface area contributed by atoms with Gasteiger partial charge in [-0.15, -0.1) is 4.37 Å². The molecule has 0 radical (unpaired) electrons. The topological polar surface area (TPSA) is 70.5 Å². The zero-order valence-electron chi connectivity index (χ0n) is 18.7. The number of nitrogens with zero attached hydrogens (tertiary/aromatic N) is 3. The monoisotopic (exact) mass is 426 g/mol. The predicted octanol–water partition coefficient (Wildman–Crippen LogP) is 5.03. The second-order valence-corrected chi connectivity index (χ2v) is 9.42. The van der Waals surface area contributed by atoms with Crippen molar-refractivity contribution in [2.24, 2.45) is 0 Å². The molecule has 2 rings (SSSR count). The maximum Gasteiger partial charge on any atom is 0.513 e. The number of ether oxygens (including phenoxy) is 3. The Balaban J connectivity index is 1.98. The van der Waals surface area contributed by atoms with Gasteiger partial charge in [-0.1, -0.05) is 32.3 Å². The standard InChI is InChI=1S/C21H36N3O4S/c1-7-8-9-10-14-26-19-18(22-29-23-19)17-12-11-13-24(6,15-17)16(2)27-20(25)28-21(3,4)5/h12,16H,7-11,13-15H2,1-6H3/q+1/t16-,24?/m0/s1. The van der Waals surface area contributed by atoms with Crippen LogP contribution in [-0.4, -0.2) is 58.0 Å². The Kier molecular flexibility index (Phi) is 8.46. The van der Waals surface area contributed by atoms with Crippen molar-refractivity contribution in [3.05, 3.63) is 11.8 Å². The van der Waals surface area contributed by atoms with E-state index in [1.807, 2.05) is 27.7 Å². The molecule has 0 amide bonds. The molecule has 2 atom stereocenters. The van der Waals surface area contributed by atoms with Gasteiger partial charge in [0.25, 0.3) is 5.88 Å². The Morgan fingerprint density at radius 1 is 1.28 bits per heavy atom. The van der Waals surface area contributed by atoms with E-state index >= 15 is 0 Å². The Hall–Kier alpha value is -1.67. The van der Waals surface area contributed by atoms with E-state index in [9.17, 15) is 4.79 Å². The van der Waals surface area contributed by atoms with Crippen molar-refractivity contribution in [3.63, 3.8) is 0 Å². The maximum absolute atomic E-state index is 12.1. The molecule has 0 spiro atoms. The number of aromatic nitrogens is 2. The van der Waals surface area contributed by atoms with Crippen molar-refractivity contribution >= 4 is 23.5 Å². The fourth-order valence-electron chi connectivity index (χ4n) is 3.26. The maximum atomic E-state index is 12.1. The normalized spacial score (nSPS) is 20.7. The number of hydrogen-bond donors (Lipinski definition) is 0. The molecule has 0 bridgehead atoms. The first-order valence-electron chi connectivity index (χ1n) is 10.5. The van der Waals surface area contributed by atoms with Crippen molar-refractivity contribution in [1.82, 2.24) is 8.75 Å².